The minimum atomic E-state index is -1.45. The Kier molecular flexibility index (Phi) is 6.21. The van der Waals surface area contributed by atoms with Gasteiger partial charge >= 0.3 is 0 Å². The number of aliphatic hydroxyl groups excluding tert-OH is 1. The number of carbonyl (C=O) groups excluding carboxylic acids is 3. The van der Waals surface area contributed by atoms with Crippen molar-refractivity contribution < 1.29 is 19.5 Å². The molecule has 8 nitrogen and oxygen atoms in total. The lowest BCUT2D eigenvalue weighted by Crippen LogP contribution is -2.58. The maximum absolute atomic E-state index is 13.4. The Labute approximate surface area is 185 Å². The number of likely N-dealkylation sites (tertiary alicyclic amines) is 1. The fraction of sp³-hybridized carbons (Fsp3) is 0.870. The van der Waals surface area contributed by atoms with Crippen LogP contribution in [0.4, 0.5) is 0 Å². The summed E-state index contributed by atoms with van der Waals surface area (Å²) in [6.07, 6.45) is 3.73. The third-order valence-corrected chi connectivity index (χ3v) is 8.12. The van der Waals surface area contributed by atoms with Crippen molar-refractivity contribution in [3.05, 3.63) is 0 Å². The zero-order valence-corrected chi connectivity index (χ0v) is 19.6. The summed E-state index contributed by atoms with van der Waals surface area (Å²) in [7, 11) is 0. The van der Waals surface area contributed by atoms with Gasteiger partial charge < -0.3 is 26.8 Å². The van der Waals surface area contributed by atoms with E-state index >= 15 is 0 Å². The predicted molar refractivity (Wildman–Crippen MR) is 117 cm³/mol. The molecule has 1 saturated heterocycles. The summed E-state index contributed by atoms with van der Waals surface area (Å²) < 4.78 is 0. The van der Waals surface area contributed by atoms with Crippen LogP contribution in [0, 0.1) is 22.2 Å². The van der Waals surface area contributed by atoms with E-state index in [9.17, 15) is 19.5 Å². The standard InChI is InChI=1S/C23H40N4O4/c1-21(2,3)17(24)20(31)27-12-23(11-22(23,4)5)10-15(27)19(30)26-14(16(28)18(25)29)9-13-7-6-8-13/h13-17,28H,6-12,24H2,1-5H3,(H2,25,29)(H,26,30)/t14?,15-,16?,17+,23?/m0/s1. The topological polar surface area (TPSA) is 139 Å². The third-order valence-electron chi connectivity index (χ3n) is 8.12. The van der Waals surface area contributed by atoms with Crippen molar-refractivity contribution in [3.63, 3.8) is 0 Å². The summed E-state index contributed by atoms with van der Waals surface area (Å²) in [5, 5.41) is 13.2. The molecule has 0 bridgehead atoms. The number of amides is 3. The molecule has 3 unspecified atom stereocenters. The van der Waals surface area contributed by atoms with E-state index < -0.39 is 35.6 Å². The van der Waals surface area contributed by atoms with Gasteiger partial charge in [-0.3, -0.25) is 14.4 Å². The average Bonchev–Trinajstić information content (AvgIpc) is 2.96. The normalized spacial score (nSPS) is 30.4. The van der Waals surface area contributed by atoms with Crippen molar-refractivity contribution in [1.82, 2.24) is 10.2 Å². The van der Waals surface area contributed by atoms with E-state index in [0.717, 1.165) is 25.7 Å². The van der Waals surface area contributed by atoms with Gasteiger partial charge in [0.2, 0.25) is 17.7 Å². The summed E-state index contributed by atoms with van der Waals surface area (Å²) in [5.41, 5.74) is 11.1. The summed E-state index contributed by atoms with van der Waals surface area (Å²) in [5.74, 6) is -1.04. The van der Waals surface area contributed by atoms with Crippen LogP contribution in [0.15, 0.2) is 0 Å². The smallest absolute Gasteiger partial charge is 0.248 e. The fourth-order valence-electron chi connectivity index (χ4n) is 5.25. The van der Waals surface area contributed by atoms with Gasteiger partial charge in [0.05, 0.1) is 12.1 Å². The molecule has 0 aromatic rings. The van der Waals surface area contributed by atoms with Crippen LogP contribution in [0.2, 0.25) is 0 Å². The molecule has 0 aromatic heterocycles. The number of nitrogens with two attached hydrogens (primary N) is 2. The lowest BCUT2D eigenvalue weighted by molar-refractivity contribution is -0.142. The highest BCUT2D eigenvalue weighted by atomic mass is 16.3. The van der Waals surface area contributed by atoms with Crippen molar-refractivity contribution in [2.75, 3.05) is 6.54 Å². The van der Waals surface area contributed by atoms with E-state index in [1.807, 2.05) is 20.8 Å². The van der Waals surface area contributed by atoms with Crippen molar-refractivity contribution in [1.29, 1.82) is 0 Å². The lowest BCUT2D eigenvalue weighted by Gasteiger charge is -2.35. The average molecular weight is 437 g/mol. The largest absolute Gasteiger partial charge is 0.381 e. The van der Waals surface area contributed by atoms with Crippen LogP contribution in [0.1, 0.15) is 73.1 Å². The van der Waals surface area contributed by atoms with E-state index in [0.29, 0.717) is 25.3 Å². The highest BCUT2D eigenvalue weighted by molar-refractivity contribution is 5.91. The highest BCUT2D eigenvalue weighted by Gasteiger charge is 2.67. The Morgan fingerprint density at radius 1 is 1.23 bits per heavy atom. The van der Waals surface area contributed by atoms with Crippen LogP contribution < -0.4 is 16.8 Å². The van der Waals surface area contributed by atoms with E-state index in [1.165, 1.54) is 0 Å². The fourth-order valence-corrected chi connectivity index (χ4v) is 5.25. The number of carbonyl (C=O) groups is 3. The van der Waals surface area contributed by atoms with E-state index in [2.05, 4.69) is 19.2 Å². The van der Waals surface area contributed by atoms with Gasteiger partial charge in [-0.05, 0) is 41.4 Å². The number of rotatable bonds is 7. The van der Waals surface area contributed by atoms with Gasteiger partial charge in [0.15, 0.2) is 6.10 Å². The number of aliphatic hydroxyl groups is 1. The molecule has 3 amide bonds. The highest BCUT2D eigenvalue weighted by Crippen LogP contribution is 2.68. The van der Waals surface area contributed by atoms with E-state index in [4.69, 9.17) is 11.5 Å². The molecule has 3 aliphatic rings. The van der Waals surface area contributed by atoms with Crippen LogP contribution in [0.3, 0.4) is 0 Å². The second kappa shape index (κ2) is 8.03. The Morgan fingerprint density at radius 2 is 1.81 bits per heavy atom. The first-order valence-electron chi connectivity index (χ1n) is 11.5. The maximum atomic E-state index is 13.4. The first-order chi connectivity index (χ1) is 14.2. The Hall–Kier alpha value is -1.67. The monoisotopic (exact) mass is 436 g/mol. The molecular formula is C23H40N4O4. The SMILES string of the molecule is CC(C)(C)[C@H](N)C(=O)N1CC2(C[C@H]1C(=O)NC(CC1CCC1)C(O)C(N)=O)CC2(C)C. The van der Waals surface area contributed by atoms with Crippen molar-refractivity contribution in [3.8, 4) is 0 Å². The number of nitrogens with zero attached hydrogens (tertiary/aromatic N) is 1. The minimum absolute atomic E-state index is 0.0600. The molecule has 31 heavy (non-hydrogen) atoms. The second-order valence-electron chi connectivity index (χ2n) is 11.9. The van der Waals surface area contributed by atoms with Gasteiger partial charge in [-0.15, -0.1) is 0 Å². The Balaban J connectivity index is 1.79. The molecule has 0 radical (unpaired) electrons. The van der Waals surface area contributed by atoms with Gasteiger partial charge in [0.25, 0.3) is 0 Å². The molecule has 1 aliphatic heterocycles. The number of primary amides is 1. The molecule has 2 aliphatic carbocycles. The number of hydrogen-bond acceptors (Lipinski definition) is 5. The van der Waals surface area contributed by atoms with Crippen molar-refractivity contribution in [2.45, 2.75) is 97.4 Å². The Morgan fingerprint density at radius 3 is 2.23 bits per heavy atom. The first kappa shape index (κ1) is 24.0. The molecule has 176 valence electrons. The van der Waals surface area contributed by atoms with E-state index in [-0.39, 0.29) is 22.6 Å². The molecule has 0 aromatic carbocycles. The van der Waals surface area contributed by atoms with Crippen molar-refractivity contribution >= 4 is 17.7 Å². The van der Waals surface area contributed by atoms with Gasteiger partial charge in [-0.2, -0.15) is 0 Å². The van der Waals surface area contributed by atoms with Gasteiger partial charge in [0.1, 0.15) is 6.04 Å². The van der Waals surface area contributed by atoms with Crippen LogP contribution >= 0.6 is 0 Å². The third kappa shape index (κ3) is 4.60. The van der Waals surface area contributed by atoms with E-state index in [1.54, 1.807) is 4.90 Å². The van der Waals surface area contributed by atoms with Crippen LogP contribution in [-0.2, 0) is 14.4 Å². The molecule has 5 atom stereocenters. The molecule has 3 fully saturated rings. The summed E-state index contributed by atoms with van der Waals surface area (Å²) in [6.45, 7) is 10.6. The molecular weight excluding hydrogens is 396 g/mol. The predicted octanol–water partition coefficient (Wildman–Crippen LogP) is 0.898. The molecule has 6 N–H and O–H groups in total. The van der Waals surface area contributed by atoms with Gasteiger partial charge in [0, 0.05) is 6.54 Å². The lowest BCUT2D eigenvalue weighted by atomic mass is 9.79. The molecule has 8 heteroatoms. The number of nitrogens with one attached hydrogen (secondary N) is 1. The quantitative estimate of drug-likeness (QED) is 0.470. The number of hydrogen-bond donors (Lipinski definition) is 4. The summed E-state index contributed by atoms with van der Waals surface area (Å²) in [4.78, 5) is 39.9. The van der Waals surface area contributed by atoms with Crippen molar-refractivity contribution in [2.24, 2.45) is 33.6 Å². The summed E-state index contributed by atoms with van der Waals surface area (Å²) in [6, 6.07) is -2.12. The molecule has 1 spiro atoms. The van der Waals surface area contributed by atoms with Crippen LogP contribution in [0.25, 0.3) is 0 Å². The minimum Gasteiger partial charge on any atom is -0.381 e. The molecule has 3 rings (SSSR count). The summed E-state index contributed by atoms with van der Waals surface area (Å²) >= 11 is 0. The maximum Gasteiger partial charge on any atom is 0.248 e. The Bertz CT molecular complexity index is 742. The van der Waals surface area contributed by atoms with Gasteiger partial charge in [-0.25, -0.2) is 0 Å². The zero-order chi connectivity index (χ0) is 23.4. The first-order valence-corrected chi connectivity index (χ1v) is 11.5. The van der Waals surface area contributed by atoms with Gasteiger partial charge in [-0.1, -0.05) is 53.9 Å². The molecule has 1 heterocycles. The van der Waals surface area contributed by atoms with Crippen LogP contribution in [0.5, 0.6) is 0 Å². The van der Waals surface area contributed by atoms with Crippen LogP contribution in [-0.4, -0.2) is 58.5 Å². The zero-order valence-electron chi connectivity index (χ0n) is 19.6. The second-order valence-corrected chi connectivity index (χ2v) is 11.9. The molecule has 2 saturated carbocycles.